The van der Waals surface area contributed by atoms with Crippen LogP contribution in [-0.4, -0.2) is 11.1 Å². The third-order valence-corrected chi connectivity index (χ3v) is 4.45. The fraction of sp³-hybridized carbons (Fsp3) is 0.762. The van der Waals surface area contributed by atoms with Gasteiger partial charge in [-0.3, -0.25) is 4.99 Å². The molecule has 24 heavy (non-hydrogen) atoms. The van der Waals surface area contributed by atoms with Crippen molar-refractivity contribution in [2.75, 3.05) is 6.54 Å². The van der Waals surface area contributed by atoms with Crippen LogP contribution < -0.4 is 5.36 Å². The van der Waals surface area contributed by atoms with Gasteiger partial charge in [0.15, 0.2) is 0 Å². The third-order valence-electron chi connectivity index (χ3n) is 4.45. The van der Waals surface area contributed by atoms with E-state index >= 15 is 0 Å². The summed E-state index contributed by atoms with van der Waals surface area (Å²) in [5.41, 5.74) is 0. The summed E-state index contributed by atoms with van der Waals surface area (Å²) in [6, 6.07) is 4.32. The standard InChI is InChI=1S/C21H38N2.BrH/c1-3-5-7-9-10-11-13-17-22-21-15-19-23(20-16-21)18-14-12-8-6-4-2;/h15-16,19-20H,3-14,17-18H2,1-2H3;1H. The number of halogens is 1. The summed E-state index contributed by atoms with van der Waals surface area (Å²) in [6.45, 7) is 6.66. The first kappa shape index (κ1) is 23.4. The second-order valence-electron chi connectivity index (χ2n) is 6.71. The molecule has 0 saturated heterocycles. The van der Waals surface area contributed by atoms with Crippen molar-refractivity contribution in [3.05, 3.63) is 29.9 Å². The van der Waals surface area contributed by atoms with Crippen LogP contribution in [0, 0.1) is 0 Å². The zero-order valence-electron chi connectivity index (χ0n) is 16.0. The molecule has 0 amide bonds. The van der Waals surface area contributed by atoms with Crippen LogP contribution in [0.2, 0.25) is 0 Å². The van der Waals surface area contributed by atoms with E-state index < -0.39 is 0 Å². The summed E-state index contributed by atoms with van der Waals surface area (Å²) in [5.74, 6) is 0. The summed E-state index contributed by atoms with van der Waals surface area (Å²) >= 11 is 0. The van der Waals surface area contributed by atoms with Crippen molar-refractivity contribution in [1.82, 2.24) is 4.57 Å². The quantitative estimate of drug-likeness (QED) is 0.310. The SMILES string of the molecule is Br.CCCCCCCCCN=c1ccn(CCCCCCC)cc1. The summed E-state index contributed by atoms with van der Waals surface area (Å²) in [7, 11) is 0. The predicted octanol–water partition coefficient (Wildman–Crippen LogP) is 6.69. The number of nitrogens with zero attached hydrogens (tertiary/aromatic N) is 2. The number of aromatic nitrogens is 1. The smallest absolute Gasteiger partial charge is 0.0603 e. The first-order valence-electron chi connectivity index (χ1n) is 10.0. The average molecular weight is 399 g/mol. The molecule has 2 nitrogen and oxygen atoms in total. The first-order valence-corrected chi connectivity index (χ1v) is 10.0. The van der Waals surface area contributed by atoms with E-state index in [9.17, 15) is 0 Å². The molecule has 0 aliphatic carbocycles. The molecule has 0 radical (unpaired) electrons. The molecule has 1 aromatic rings. The molecule has 0 N–H and O–H groups in total. The van der Waals surface area contributed by atoms with Gasteiger partial charge in [-0.15, -0.1) is 17.0 Å². The summed E-state index contributed by atoms with van der Waals surface area (Å²) in [5, 5.41) is 1.14. The van der Waals surface area contributed by atoms with Crippen LogP contribution in [0.5, 0.6) is 0 Å². The van der Waals surface area contributed by atoms with Gasteiger partial charge in [0.2, 0.25) is 0 Å². The minimum atomic E-state index is 0. The van der Waals surface area contributed by atoms with Gasteiger partial charge in [0.25, 0.3) is 0 Å². The summed E-state index contributed by atoms with van der Waals surface area (Å²) in [4.78, 5) is 4.69. The lowest BCUT2D eigenvalue weighted by atomic mass is 10.1. The van der Waals surface area contributed by atoms with Gasteiger partial charge in [0.05, 0.1) is 5.36 Å². The van der Waals surface area contributed by atoms with Gasteiger partial charge in [-0.05, 0) is 25.0 Å². The van der Waals surface area contributed by atoms with E-state index in [4.69, 9.17) is 0 Å². The molecule has 3 heteroatoms. The Morgan fingerprint density at radius 2 is 1.21 bits per heavy atom. The molecule has 0 atom stereocenters. The Hall–Kier alpha value is -0.570. The second kappa shape index (κ2) is 17.3. The molecule has 0 aliphatic rings. The van der Waals surface area contributed by atoms with Gasteiger partial charge in [-0.25, -0.2) is 0 Å². The van der Waals surface area contributed by atoms with Gasteiger partial charge in [0, 0.05) is 25.5 Å². The fourth-order valence-corrected chi connectivity index (χ4v) is 2.88. The lowest BCUT2D eigenvalue weighted by molar-refractivity contribution is 0.566. The first-order chi connectivity index (χ1) is 11.4. The second-order valence-corrected chi connectivity index (χ2v) is 6.71. The van der Waals surface area contributed by atoms with Gasteiger partial charge >= 0.3 is 0 Å². The zero-order chi connectivity index (χ0) is 16.6. The minimum absolute atomic E-state index is 0. The van der Waals surface area contributed by atoms with Gasteiger partial charge in [0.1, 0.15) is 0 Å². The van der Waals surface area contributed by atoms with E-state index in [2.05, 4.69) is 47.9 Å². The number of unbranched alkanes of at least 4 members (excludes halogenated alkanes) is 10. The number of rotatable bonds is 14. The van der Waals surface area contributed by atoms with E-state index in [1.54, 1.807) is 0 Å². The Labute approximate surface area is 160 Å². The van der Waals surface area contributed by atoms with Crippen molar-refractivity contribution in [3.8, 4) is 0 Å². The number of hydrogen-bond acceptors (Lipinski definition) is 1. The van der Waals surface area contributed by atoms with Crippen molar-refractivity contribution in [1.29, 1.82) is 0 Å². The van der Waals surface area contributed by atoms with Crippen molar-refractivity contribution in [2.24, 2.45) is 4.99 Å². The number of pyridine rings is 1. The Morgan fingerprint density at radius 1 is 0.708 bits per heavy atom. The topological polar surface area (TPSA) is 17.3 Å². The molecule has 0 aliphatic heterocycles. The van der Waals surface area contributed by atoms with Gasteiger partial charge in [-0.1, -0.05) is 78.1 Å². The van der Waals surface area contributed by atoms with Crippen LogP contribution >= 0.6 is 17.0 Å². The molecule has 0 bridgehead atoms. The van der Waals surface area contributed by atoms with Crippen molar-refractivity contribution >= 4 is 17.0 Å². The number of hydrogen-bond donors (Lipinski definition) is 0. The molecular formula is C21H39BrN2. The highest BCUT2D eigenvalue weighted by molar-refractivity contribution is 8.93. The highest BCUT2D eigenvalue weighted by atomic mass is 79.9. The molecule has 0 spiro atoms. The van der Waals surface area contributed by atoms with Crippen LogP contribution in [0.15, 0.2) is 29.5 Å². The summed E-state index contributed by atoms with van der Waals surface area (Å²) < 4.78 is 2.29. The molecule has 1 aromatic heterocycles. The largest absolute Gasteiger partial charge is 0.354 e. The molecule has 140 valence electrons. The monoisotopic (exact) mass is 398 g/mol. The molecule has 0 saturated carbocycles. The maximum atomic E-state index is 4.69. The van der Waals surface area contributed by atoms with Gasteiger partial charge in [-0.2, -0.15) is 0 Å². The van der Waals surface area contributed by atoms with E-state index in [0.29, 0.717) is 0 Å². The van der Waals surface area contributed by atoms with Crippen molar-refractivity contribution < 1.29 is 0 Å². The van der Waals surface area contributed by atoms with E-state index in [1.807, 2.05) is 0 Å². The maximum Gasteiger partial charge on any atom is 0.0603 e. The van der Waals surface area contributed by atoms with Gasteiger partial charge < -0.3 is 4.57 Å². The normalized spacial score (nSPS) is 10.4. The Balaban J connectivity index is 0.00000529. The molecule has 1 heterocycles. The van der Waals surface area contributed by atoms with Crippen molar-refractivity contribution in [3.63, 3.8) is 0 Å². The molecule has 1 rings (SSSR count). The van der Waals surface area contributed by atoms with Crippen LogP contribution in [0.4, 0.5) is 0 Å². The van der Waals surface area contributed by atoms with Crippen LogP contribution in [0.1, 0.15) is 90.9 Å². The molecular weight excluding hydrogens is 360 g/mol. The highest BCUT2D eigenvalue weighted by Crippen LogP contribution is 2.06. The van der Waals surface area contributed by atoms with E-state index in [-0.39, 0.29) is 17.0 Å². The van der Waals surface area contributed by atoms with Crippen LogP contribution in [0.25, 0.3) is 0 Å². The molecule has 0 fully saturated rings. The van der Waals surface area contributed by atoms with Crippen LogP contribution in [-0.2, 0) is 6.54 Å². The van der Waals surface area contributed by atoms with Crippen LogP contribution in [0.3, 0.4) is 0 Å². The molecule has 0 unspecified atom stereocenters. The lowest BCUT2D eigenvalue weighted by Gasteiger charge is -2.05. The third kappa shape index (κ3) is 12.8. The minimum Gasteiger partial charge on any atom is -0.354 e. The average Bonchev–Trinajstić information content (AvgIpc) is 2.58. The lowest BCUT2D eigenvalue weighted by Crippen LogP contribution is -2.06. The fourth-order valence-electron chi connectivity index (χ4n) is 2.88. The highest BCUT2D eigenvalue weighted by Gasteiger charge is 1.92. The Kier molecular flexibility index (Phi) is 16.8. The van der Waals surface area contributed by atoms with E-state index in [1.165, 1.54) is 77.0 Å². The van der Waals surface area contributed by atoms with Crippen molar-refractivity contribution in [2.45, 2.75) is 97.4 Å². The summed E-state index contributed by atoms with van der Waals surface area (Å²) in [6.07, 6.45) is 20.6. The Morgan fingerprint density at radius 3 is 1.79 bits per heavy atom. The Bertz CT molecular complexity index is 419. The van der Waals surface area contributed by atoms with E-state index in [0.717, 1.165) is 18.4 Å². The maximum absolute atomic E-state index is 4.69. The zero-order valence-corrected chi connectivity index (χ0v) is 17.7. The predicted molar refractivity (Wildman–Crippen MR) is 112 cm³/mol. The number of aryl methyl sites for hydroxylation is 1. The molecule has 0 aromatic carbocycles.